The van der Waals surface area contributed by atoms with E-state index in [0.29, 0.717) is 23.8 Å². The van der Waals surface area contributed by atoms with Crippen molar-refractivity contribution in [3.63, 3.8) is 0 Å². The van der Waals surface area contributed by atoms with Gasteiger partial charge in [-0.2, -0.15) is 0 Å². The van der Waals surface area contributed by atoms with Crippen LogP contribution in [0.2, 0.25) is 0 Å². The van der Waals surface area contributed by atoms with Crippen LogP contribution in [0.5, 0.6) is 5.75 Å². The molecule has 1 saturated heterocycles. The SMILES string of the molecule is CNC1CCN(c2ccc(F)cc2OC)C(C)C1C. The lowest BCUT2D eigenvalue weighted by atomic mass is 9.86. The summed E-state index contributed by atoms with van der Waals surface area (Å²) in [5.41, 5.74) is 0.984. The standard InChI is InChI=1S/C15H23FN2O/c1-10-11(2)18(8-7-13(10)17-3)14-6-5-12(16)9-15(14)19-4/h5-6,9-11,13,17H,7-8H2,1-4H3. The highest BCUT2D eigenvalue weighted by Gasteiger charge is 2.32. The van der Waals surface area contributed by atoms with Crippen molar-refractivity contribution in [2.45, 2.75) is 32.4 Å². The summed E-state index contributed by atoms with van der Waals surface area (Å²) in [5.74, 6) is 0.891. The van der Waals surface area contributed by atoms with E-state index in [-0.39, 0.29) is 5.82 Å². The number of ether oxygens (including phenoxy) is 1. The third-order valence-electron chi connectivity index (χ3n) is 4.39. The average molecular weight is 266 g/mol. The van der Waals surface area contributed by atoms with E-state index in [1.165, 1.54) is 12.1 Å². The fraction of sp³-hybridized carbons (Fsp3) is 0.600. The number of benzene rings is 1. The van der Waals surface area contributed by atoms with Crippen molar-refractivity contribution in [1.82, 2.24) is 5.32 Å². The van der Waals surface area contributed by atoms with Crippen LogP contribution in [0, 0.1) is 11.7 Å². The second-order valence-electron chi connectivity index (χ2n) is 5.29. The first-order chi connectivity index (χ1) is 9.08. The van der Waals surface area contributed by atoms with Gasteiger partial charge < -0.3 is 15.0 Å². The van der Waals surface area contributed by atoms with Crippen LogP contribution < -0.4 is 15.0 Å². The molecular formula is C15H23FN2O. The molecule has 0 aromatic heterocycles. The van der Waals surface area contributed by atoms with Crippen molar-refractivity contribution >= 4 is 5.69 Å². The van der Waals surface area contributed by atoms with Crippen LogP contribution in [-0.4, -0.2) is 32.8 Å². The number of halogens is 1. The Kier molecular flexibility index (Phi) is 4.30. The number of hydrogen-bond acceptors (Lipinski definition) is 3. The van der Waals surface area contributed by atoms with E-state index in [9.17, 15) is 4.39 Å². The summed E-state index contributed by atoms with van der Waals surface area (Å²) in [6.45, 7) is 5.43. The number of hydrogen-bond donors (Lipinski definition) is 1. The molecule has 3 nitrogen and oxygen atoms in total. The van der Waals surface area contributed by atoms with E-state index in [2.05, 4.69) is 24.1 Å². The van der Waals surface area contributed by atoms with Crippen LogP contribution in [0.4, 0.5) is 10.1 Å². The van der Waals surface area contributed by atoms with Gasteiger partial charge in [0.2, 0.25) is 0 Å². The topological polar surface area (TPSA) is 24.5 Å². The van der Waals surface area contributed by atoms with Gasteiger partial charge in [0, 0.05) is 24.7 Å². The zero-order chi connectivity index (χ0) is 14.0. The number of nitrogens with one attached hydrogen (secondary N) is 1. The first kappa shape index (κ1) is 14.1. The highest BCUT2D eigenvalue weighted by atomic mass is 19.1. The summed E-state index contributed by atoms with van der Waals surface area (Å²) in [6.07, 6.45) is 1.09. The summed E-state index contributed by atoms with van der Waals surface area (Å²) in [6, 6.07) is 5.70. The van der Waals surface area contributed by atoms with Gasteiger partial charge in [-0.3, -0.25) is 0 Å². The lowest BCUT2D eigenvalue weighted by Gasteiger charge is -2.44. The van der Waals surface area contributed by atoms with E-state index in [1.807, 2.05) is 13.1 Å². The number of nitrogens with zero attached hydrogens (tertiary/aromatic N) is 1. The Hall–Kier alpha value is -1.29. The van der Waals surface area contributed by atoms with Crippen molar-refractivity contribution < 1.29 is 9.13 Å². The molecule has 1 fully saturated rings. The van der Waals surface area contributed by atoms with Gasteiger partial charge >= 0.3 is 0 Å². The fourth-order valence-electron chi connectivity index (χ4n) is 3.00. The predicted molar refractivity (Wildman–Crippen MR) is 76.4 cm³/mol. The lowest BCUT2D eigenvalue weighted by Crippen LogP contribution is -2.52. The van der Waals surface area contributed by atoms with E-state index >= 15 is 0 Å². The van der Waals surface area contributed by atoms with Crippen LogP contribution in [-0.2, 0) is 0 Å². The van der Waals surface area contributed by atoms with Gasteiger partial charge in [-0.15, -0.1) is 0 Å². The molecule has 3 unspecified atom stereocenters. The molecule has 0 amide bonds. The summed E-state index contributed by atoms with van der Waals surface area (Å²) in [4.78, 5) is 2.32. The van der Waals surface area contributed by atoms with Gasteiger partial charge in [-0.1, -0.05) is 6.92 Å². The Morgan fingerprint density at radius 1 is 1.37 bits per heavy atom. The number of anilines is 1. The maximum Gasteiger partial charge on any atom is 0.145 e. The molecule has 0 aliphatic carbocycles. The molecule has 4 heteroatoms. The van der Waals surface area contributed by atoms with Gasteiger partial charge in [0.15, 0.2) is 0 Å². The Bertz CT molecular complexity index is 438. The summed E-state index contributed by atoms with van der Waals surface area (Å²) < 4.78 is 18.6. The second-order valence-corrected chi connectivity index (χ2v) is 5.29. The summed E-state index contributed by atoms with van der Waals surface area (Å²) in [7, 11) is 3.61. The molecule has 0 saturated carbocycles. The Labute approximate surface area is 114 Å². The normalized spacial score (nSPS) is 27.4. The van der Waals surface area contributed by atoms with Crippen LogP contribution in [0.3, 0.4) is 0 Å². The summed E-state index contributed by atoms with van der Waals surface area (Å²) >= 11 is 0. The van der Waals surface area contributed by atoms with Crippen molar-refractivity contribution in [2.24, 2.45) is 5.92 Å². The van der Waals surface area contributed by atoms with Crippen molar-refractivity contribution in [1.29, 1.82) is 0 Å². The monoisotopic (exact) mass is 266 g/mol. The van der Waals surface area contributed by atoms with Gasteiger partial charge in [0.25, 0.3) is 0 Å². The predicted octanol–water partition coefficient (Wildman–Crippen LogP) is 2.66. The molecule has 1 heterocycles. The first-order valence-corrected chi connectivity index (χ1v) is 6.86. The zero-order valence-electron chi connectivity index (χ0n) is 12.1. The van der Waals surface area contributed by atoms with Crippen molar-refractivity contribution in [2.75, 3.05) is 25.6 Å². The molecule has 1 aliphatic heterocycles. The number of rotatable bonds is 3. The molecule has 1 aromatic rings. The molecule has 2 rings (SSSR count). The second kappa shape index (κ2) is 5.78. The Balaban J connectivity index is 2.27. The van der Waals surface area contributed by atoms with Crippen LogP contribution in [0.1, 0.15) is 20.3 Å². The quantitative estimate of drug-likeness (QED) is 0.910. The largest absolute Gasteiger partial charge is 0.494 e. The Morgan fingerprint density at radius 2 is 2.11 bits per heavy atom. The maximum atomic E-state index is 13.3. The number of methoxy groups -OCH3 is 1. The zero-order valence-corrected chi connectivity index (χ0v) is 12.1. The minimum Gasteiger partial charge on any atom is -0.494 e. The fourth-order valence-corrected chi connectivity index (χ4v) is 3.00. The molecule has 0 bridgehead atoms. The smallest absolute Gasteiger partial charge is 0.145 e. The molecule has 1 aromatic carbocycles. The molecule has 106 valence electrons. The Morgan fingerprint density at radius 3 is 2.74 bits per heavy atom. The van der Waals surface area contributed by atoms with Crippen molar-refractivity contribution in [3.05, 3.63) is 24.0 Å². The molecular weight excluding hydrogens is 243 g/mol. The molecule has 3 atom stereocenters. The maximum absolute atomic E-state index is 13.3. The van der Waals surface area contributed by atoms with Gasteiger partial charge in [-0.05, 0) is 38.4 Å². The third kappa shape index (κ3) is 2.68. The van der Waals surface area contributed by atoms with E-state index in [0.717, 1.165) is 18.7 Å². The van der Waals surface area contributed by atoms with E-state index in [1.54, 1.807) is 7.11 Å². The lowest BCUT2D eigenvalue weighted by molar-refractivity contribution is 0.280. The molecule has 0 spiro atoms. The van der Waals surface area contributed by atoms with Gasteiger partial charge in [0.1, 0.15) is 11.6 Å². The minimum atomic E-state index is -0.258. The first-order valence-electron chi connectivity index (χ1n) is 6.86. The average Bonchev–Trinajstić information content (AvgIpc) is 2.42. The van der Waals surface area contributed by atoms with E-state index < -0.39 is 0 Å². The molecule has 19 heavy (non-hydrogen) atoms. The van der Waals surface area contributed by atoms with Gasteiger partial charge in [-0.25, -0.2) is 4.39 Å². The summed E-state index contributed by atoms with van der Waals surface area (Å²) in [5, 5.41) is 3.38. The minimum absolute atomic E-state index is 0.258. The van der Waals surface area contributed by atoms with Gasteiger partial charge in [0.05, 0.1) is 12.8 Å². The molecule has 0 radical (unpaired) electrons. The van der Waals surface area contributed by atoms with Crippen LogP contribution >= 0.6 is 0 Å². The highest BCUT2D eigenvalue weighted by Crippen LogP contribution is 2.35. The number of piperidine rings is 1. The highest BCUT2D eigenvalue weighted by molar-refractivity contribution is 5.59. The van der Waals surface area contributed by atoms with E-state index in [4.69, 9.17) is 4.74 Å². The van der Waals surface area contributed by atoms with Crippen molar-refractivity contribution in [3.8, 4) is 5.75 Å². The van der Waals surface area contributed by atoms with Crippen LogP contribution in [0.15, 0.2) is 18.2 Å². The molecule has 1 N–H and O–H groups in total. The van der Waals surface area contributed by atoms with Crippen LogP contribution in [0.25, 0.3) is 0 Å². The molecule has 1 aliphatic rings. The third-order valence-corrected chi connectivity index (χ3v) is 4.39.